The fourth-order valence-electron chi connectivity index (χ4n) is 9.02. The van der Waals surface area contributed by atoms with E-state index in [1.54, 1.807) is 197 Å². The number of rotatable bonds is 18. The predicted octanol–water partition coefficient (Wildman–Crippen LogP) is 13.9. The summed E-state index contributed by atoms with van der Waals surface area (Å²) in [5.74, 6) is -0.338. The molecule has 0 aliphatic rings. The van der Waals surface area contributed by atoms with Gasteiger partial charge in [-0.25, -0.2) is 19.3 Å². The Bertz CT molecular complexity index is 4080. The number of amides is 3. The van der Waals surface area contributed by atoms with E-state index in [0.717, 1.165) is 31.2 Å². The second-order valence-corrected chi connectivity index (χ2v) is 24.1. The molecule has 3 aromatic heterocycles. The van der Waals surface area contributed by atoms with Crippen LogP contribution < -0.4 is 16.0 Å². The molecule has 22 heteroatoms. The number of hydrogen-bond donors (Lipinski definition) is 6. The van der Waals surface area contributed by atoms with Crippen LogP contribution in [0.2, 0.25) is 5.02 Å². The van der Waals surface area contributed by atoms with E-state index in [4.69, 9.17) is 27.8 Å². The number of amidine groups is 3. The number of benzene rings is 6. The average molecular weight is 1400 g/mol. The van der Waals surface area contributed by atoms with Crippen LogP contribution in [0.25, 0.3) is 0 Å². The number of nitrogens with zero attached hydrogens (tertiary/aromatic N) is 6. The van der Waals surface area contributed by atoms with Crippen molar-refractivity contribution in [2.75, 3.05) is 58.2 Å². The van der Waals surface area contributed by atoms with Crippen LogP contribution >= 0.6 is 43.5 Å². The molecule has 0 aliphatic carbocycles. The van der Waals surface area contributed by atoms with E-state index < -0.39 is 17.5 Å². The summed E-state index contributed by atoms with van der Waals surface area (Å²) in [5, 5.41) is 32.7. The van der Waals surface area contributed by atoms with E-state index in [2.05, 4.69) is 62.8 Å². The second kappa shape index (κ2) is 32.7. The number of halogens is 4. The highest BCUT2D eigenvalue weighted by molar-refractivity contribution is 9.10. The van der Waals surface area contributed by atoms with Crippen molar-refractivity contribution in [1.82, 2.24) is 29.7 Å². The van der Waals surface area contributed by atoms with Crippen molar-refractivity contribution < 1.29 is 33.2 Å². The summed E-state index contributed by atoms with van der Waals surface area (Å²) in [6.07, 6.45) is 4.67. The van der Waals surface area contributed by atoms with Crippen molar-refractivity contribution in [2.24, 2.45) is 0 Å². The standard InChI is InChI=1S/C24H23BrN4O2.C24H23ClN4O2.C23H20BrFN4O2/c2*1-15-4-5-18(20(12-15)24(31)28-22-11-10-19(25)14-27-22)13-21(30)16-6-8-17(9-7-16)23(26)29(2)3;1-29(2)22(26)15-7-9-18(19(25)11-15)20(30)12-14-5-3-4-6-17(14)23(31)28-21-10-8-16(24)13-27-21/h2*4-12,14,26H,13H2,1-3H3,(H,27,28,31);3-11,13,26H,12H2,1-2H3,(H,27,28,31). The number of aryl methyl sites for hydroxylation is 2. The van der Waals surface area contributed by atoms with E-state index in [-0.39, 0.29) is 54.0 Å². The molecule has 0 unspecified atom stereocenters. The van der Waals surface area contributed by atoms with E-state index in [1.165, 1.54) is 24.4 Å². The fraction of sp³-hybridized carbons (Fsp3) is 0.155. The SMILES string of the molecule is CN(C)C(=N)c1ccc(C(=O)Cc2ccccc2C(=O)Nc2ccc(Br)cn2)c(F)c1.Cc1ccc(CC(=O)c2ccc(C(=N)N(C)C)cc2)c(C(=O)Nc2ccc(Br)cn2)c1.Cc1ccc(CC(=O)c2ccc(C(=N)N(C)C)cc2)c(C(=O)Nc2ccc(Cl)cn2)c1. The van der Waals surface area contributed by atoms with E-state index >= 15 is 0 Å². The molecule has 6 aromatic carbocycles. The summed E-state index contributed by atoms with van der Waals surface area (Å²) in [6.45, 7) is 3.79. The van der Waals surface area contributed by atoms with Gasteiger partial charge < -0.3 is 30.7 Å². The van der Waals surface area contributed by atoms with Gasteiger partial charge in [0.1, 0.15) is 40.8 Å². The number of anilines is 3. The van der Waals surface area contributed by atoms with Crippen LogP contribution in [0.3, 0.4) is 0 Å². The average Bonchev–Trinajstić information content (AvgIpc) is 1.02. The van der Waals surface area contributed by atoms with Crippen LogP contribution in [0.15, 0.2) is 191 Å². The second-order valence-electron chi connectivity index (χ2n) is 21.8. The quantitative estimate of drug-likeness (QED) is 0.0266. The first kappa shape index (κ1) is 70.2. The predicted molar refractivity (Wildman–Crippen MR) is 371 cm³/mol. The molecule has 0 radical (unpaired) electrons. The molecule has 0 fully saturated rings. The van der Waals surface area contributed by atoms with Crippen LogP contribution in [-0.4, -0.2) is 125 Å². The minimum atomic E-state index is -0.699. The summed E-state index contributed by atoms with van der Waals surface area (Å²) < 4.78 is 16.2. The first-order chi connectivity index (χ1) is 44.2. The third-order valence-electron chi connectivity index (χ3n) is 14.1. The van der Waals surface area contributed by atoms with Crippen molar-refractivity contribution in [3.8, 4) is 0 Å². The zero-order chi connectivity index (χ0) is 67.6. The molecule has 6 N–H and O–H groups in total. The van der Waals surface area contributed by atoms with E-state index in [9.17, 15) is 33.2 Å². The van der Waals surface area contributed by atoms with E-state index in [1.807, 2.05) is 32.0 Å². The summed E-state index contributed by atoms with van der Waals surface area (Å²) >= 11 is 12.4. The zero-order valence-electron chi connectivity index (χ0n) is 52.1. The molecule has 3 heterocycles. The summed E-state index contributed by atoms with van der Waals surface area (Å²) in [7, 11) is 10.6. The first-order valence-corrected chi connectivity index (χ1v) is 30.6. The van der Waals surface area contributed by atoms with Gasteiger partial charge in [0.15, 0.2) is 17.3 Å². The maximum atomic E-state index is 14.6. The third-order valence-corrected chi connectivity index (χ3v) is 15.2. The van der Waals surface area contributed by atoms with Crippen LogP contribution in [0.4, 0.5) is 21.8 Å². The Morgan fingerprint density at radius 2 is 0.785 bits per heavy atom. The molecule has 0 bridgehead atoms. The van der Waals surface area contributed by atoms with Crippen LogP contribution in [0.1, 0.15) is 107 Å². The molecular formula is C71H66Br2ClFN12O6. The molecule has 9 aromatic rings. The summed E-state index contributed by atoms with van der Waals surface area (Å²) in [4.78, 5) is 94.3. The van der Waals surface area contributed by atoms with Crippen LogP contribution in [0, 0.1) is 35.9 Å². The molecule has 0 atom stereocenters. The van der Waals surface area contributed by atoms with Crippen molar-refractivity contribution in [3.63, 3.8) is 0 Å². The van der Waals surface area contributed by atoms with E-state index in [0.29, 0.717) is 84.2 Å². The van der Waals surface area contributed by atoms with Crippen molar-refractivity contribution >= 4 is 113 Å². The largest absolute Gasteiger partial charge is 0.363 e. The van der Waals surface area contributed by atoms with Crippen molar-refractivity contribution in [2.45, 2.75) is 33.1 Å². The molecule has 3 amide bonds. The number of carbonyl (C=O) groups excluding carboxylic acids is 6. The Hall–Kier alpha value is -10.2. The molecular weight excluding hydrogens is 1330 g/mol. The molecule has 18 nitrogen and oxygen atoms in total. The number of nitrogens with one attached hydrogen (secondary N) is 6. The molecule has 0 saturated carbocycles. The van der Waals surface area contributed by atoms with Crippen molar-refractivity contribution in [1.29, 1.82) is 16.2 Å². The minimum Gasteiger partial charge on any atom is -0.363 e. The Kier molecular flexibility index (Phi) is 24.7. The normalized spacial score (nSPS) is 10.5. The monoisotopic (exact) mass is 1390 g/mol. The maximum absolute atomic E-state index is 14.6. The molecule has 93 heavy (non-hydrogen) atoms. The number of aromatic nitrogens is 3. The van der Waals surface area contributed by atoms with Gasteiger partial charge in [-0.05, 0) is 129 Å². The number of ketones is 3. The third kappa shape index (κ3) is 19.9. The van der Waals surface area contributed by atoms with Gasteiger partial charge in [-0.1, -0.05) is 120 Å². The lowest BCUT2D eigenvalue weighted by molar-refractivity contribution is 0.0978. The highest BCUT2D eigenvalue weighted by atomic mass is 79.9. The van der Waals surface area contributed by atoms with Gasteiger partial charge in [-0.2, -0.15) is 0 Å². The van der Waals surface area contributed by atoms with Gasteiger partial charge >= 0.3 is 0 Å². The smallest absolute Gasteiger partial charge is 0.257 e. The molecule has 0 spiro atoms. The lowest BCUT2D eigenvalue weighted by Crippen LogP contribution is -2.22. The highest BCUT2D eigenvalue weighted by Gasteiger charge is 2.22. The molecule has 474 valence electrons. The number of pyridine rings is 3. The number of hydrogen-bond acceptors (Lipinski definition) is 12. The number of carbonyl (C=O) groups is 6. The highest BCUT2D eigenvalue weighted by Crippen LogP contribution is 2.23. The number of Topliss-reactive ketones (excluding diaryl/α,β-unsaturated/α-hetero) is 3. The maximum Gasteiger partial charge on any atom is 0.257 e. The van der Waals surface area contributed by atoms with Crippen LogP contribution in [0.5, 0.6) is 0 Å². The lowest BCUT2D eigenvalue weighted by Gasteiger charge is -2.14. The lowest BCUT2D eigenvalue weighted by atomic mass is 9.96. The minimum absolute atomic E-state index is 0.0832. The Morgan fingerprint density at radius 3 is 1.18 bits per heavy atom. The summed E-state index contributed by atoms with van der Waals surface area (Å²) in [6, 6.07) is 45.7. The van der Waals surface area contributed by atoms with Gasteiger partial charge in [0.25, 0.3) is 17.7 Å². The molecule has 0 aliphatic heterocycles. The first-order valence-electron chi connectivity index (χ1n) is 28.7. The zero-order valence-corrected chi connectivity index (χ0v) is 56.0. The molecule has 9 rings (SSSR count). The Balaban J connectivity index is 0.000000198. The van der Waals surface area contributed by atoms with Gasteiger partial charge in [-0.15, -0.1) is 0 Å². The van der Waals surface area contributed by atoms with Gasteiger partial charge in [0, 0.05) is 134 Å². The fourth-order valence-corrected chi connectivity index (χ4v) is 9.60. The van der Waals surface area contributed by atoms with Gasteiger partial charge in [-0.3, -0.25) is 45.0 Å². The van der Waals surface area contributed by atoms with Gasteiger partial charge in [0.2, 0.25) is 0 Å². The Morgan fingerprint density at radius 1 is 0.419 bits per heavy atom. The van der Waals surface area contributed by atoms with Crippen LogP contribution in [-0.2, 0) is 19.3 Å². The topological polar surface area (TPSA) is 258 Å². The van der Waals surface area contributed by atoms with Crippen molar-refractivity contribution in [3.05, 3.63) is 280 Å². The Labute approximate surface area is 560 Å². The summed E-state index contributed by atoms with van der Waals surface area (Å²) in [5.41, 5.74) is 7.61. The molecule has 0 saturated heterocycles. The van der Waals surface area contributed by atoms with Gasteiger partial charge in [0.05, 0.1) is 10.6 Å².